The maximum atomic E-state index is 12.7. The van der Waals surface area contributed by atoms with Gasteiger partial charge in [0.15, 0.2) is 0 Å². The quantitative estimate of drug-likeness (QED) is 0.645. The summed E-state index contributed by atoms with van der Waals surface area (Å²) < 4.78 is 23.7. The highest BCUT2D eigenvalue weighted by atomic mass is 79.9. The van der Waals surface area contributed by atoms with E-state index in [0.29, 0.717) is 13.1 Å². The van der Waals surface area contributed by atoms with Gasteiger partial charge in [-0.25, -0.2) is 13.6 Å². The third-order valence-electron chi connectivity index (χ3n) is 4.92. The van der Waals surface area contributed by atoms with E-state index in [1.54, 1.807) is 12.1 Å². The summed E-state index contributed by atoms with van der Waals surface area (Å²) >= 11 is 3.57. The van der Waals surface area contributed by atoms with E-state index in [-0.39, 0.29) is 17.2 Å². The number of primary sulfonamides is 1. The molecule has 140 valence electrons. The highest BCUT2D eigenvalue weighted by molar-refractivity contribution is 9.10. The van der Waals surface area contributed by atoms with Crippen LogP contribution in [0.5, 0.6) is 0 Å². The molecule has 3 aromatic rings. The van der Waals surface area contributed by atoms with E-state index in [2.05, 4.69) is 27.0 Å². The van der Waals surface area contributed by atoms with Crippen LogP contribution in [0.3, 0.4) is 0 Å². The van der Waals surface area contributed by atoms with Gasteiger partial charge in [-0.1, -0.05) is 24.3 Å². The molecule has 0 aliphatic carbocycles. The third-order valence-corrected chi connectivity index (χ3v) is 6.51. The zero-order chi connectivity index (χ0) is 19.2. The monoisotopic (exact) mass is 447 g/mol. The molecule has 8 heteroatoms. The smallest absolute Gasteiger partial charge is 0.238 e. The van der Waals surface area contributed by atoms with Gasteiger partial charge in [-0.15, -0.1) is 0 Å². The largest absolute Gasteiger partial charge is 0.357 e. The van der Waals surface area contributed by atoms with Crippen LogP contribution in [0.2, 0.25) is 0 Å². The number of amides is 1. The predicted octanol–water partition coefficient (Wildman–Crippen LogP) is 2.71. The zero-order valence-electron chi connectivity index (χ0n) is 14.4. The molecule has 0 unspecified atom stereocenters. The van der Waals surface area contributed by atoms with Crippen molar-refractivity contribution >= 4 is 42.8 Å². The van der Waals surface area contributed by atoms with E-state index in [9.17, 15) is 13.2 Å². The Bertz CT molecular complexity index is 1140. The molecule has 0 fully saturated rings. The topological polar surface area (TPSA) is 96.3 Å². The van der Waals surface area contributed by atoms with E-state index in [4.69, 9.17) is 5.14 Å². The minimum Gasteiger partial charge on any atom is -0.357 e. The fourth-order valence-electron chi connectivity index (χ4n) is 3.50. The van der Waals surface area contributed by atoms with Crippen LogP contribution in [-0.4, -0.2) is 30.8 Å². The van der Waals surface area contributed by atoms with Gasteiger partial charge in [-0.05, 0) is 39.7 Å². The highest BCUT2D eigenvalue weighted by Crippen LogP contribution is 2.32. The van der Waals surface area contributed by atoms with Crippen LogP contribution in [0.1, 0.15) is 16.8 Å². The van der Waals surface area contributed by atoms with Crippen LogP contribution in [-0.2, 0) is 34.2 Å². The number of rotatable bonds is 3. The normalized spacial score (nSPS) is 14.4. The molecular weight excluding hydrogens is 430 g/mol. The molecule has 3 N–H and O–H groups in total. The molecule has 4 rings (SSSR count). The minimum atomic E-state index is -3.72. The number of fused-ring (bicyclic) bond motifs is 3. The van der Waals surface area contributed by atoms with Crippen LogP contribution in [0, 0.1) is 0 Å². The summed E-state index contributed by atoms with van der Waals surface area (Å²) in [5.74, 6) is 0.0216. The Balaban J connectivity index is 1.53. The van der Waals surface area contributed by atoms with Gasteiger partial charge in [0.05, 0.1) is 16.8 Å². The van der Waals surface area contributed by atoms with E-state index in [1.165, 1.54) is 17.8 Å². The summed E-state index contributed by atoms with van der Waals surface area (Å²) in [6, 6.07) is 12.2. The lowest BCUT2D eigenvalue weighted by Gasteiger charge is -2.27. The fraction of sp³-hybridized carbons (Fsp3) is 0.211. The molecule has 0 saturated carbocycles. The van der Waals surface area contributed by atoms with Gasteiger partial charge in [0.25, 0.3) is 0 Å². The Hall–Kier alpha value is -2.16. The number of carbonyl (C=O) groups is 1. The number of para-hydroxylation sites is 1. The molecule has 0 saturated heterocycles. The Morgan fingerprint density at radius 3 is 2.63 bits per heavy atom. The van der Waals surface area contributed by atoms with Crippen LogP contribution in [0.25, 0.3) is 10.9 Å². The maximum absolute atomic E-state index is 12.7. The van der Waals surface area contributed by atoms with Crippen LogP contribution in [0.4, 0.5) is 0 Å². The van der Waals surface area contributed by atoms with E-state index < -0.39 is 10.0 Å². The summed E-state index contributed by atoms with van der Waals surface area (Å²) in [6.07, 6.45) is 1.01. The van der Waals surface area contributed by atoms with E-state index >= 15 is 0 Å². The zero-order valence-corrected chi connectivity index (χ0v) is 16.8. The average molecular weight is 448 g/mol. The van der Waals surface area contributed by atoms with Crippen molar-refractivity contribution in [3.8, 4) is 0 Å². The lowest BCUT2D eigenvalue weighted by Crippen LogP contribution is -2.36. The van der Waals surface area contributed by atoms with Gasteiger partial charge in [0.1, 0.15) is 0 Å². The first-order valence-corrected chi connectivity index (χ1v) is 10.8. The molecule has 2 aromatic carbocycles. The molecule has 1 aliphatic rings. The van der Waals surface area contributed by atoms with Crippen molar-refractivity contribution < 1.29 is 13.2 Å². The standard InChI is InChI=1S/C19H18BrN3O3S/c20-16-3-1-2-14-15-11-23(9-8-17(15)22-19(14)16)18(24)10-12-4-6-13(7-5-12)27(21,25)26/h1-7,22H,8-11H2,(H2,21,25,26). The SMILES string of the molecule is NS(=O)(=O)c1ccc(CC(=O)N2CCc3[nH]c4c(Br)cccc4c3C2)cc1. The van der Waals surface area contributed by atoms with Gasteiger partial charge in [0, 0.05) is 40.6 Å². The molecule has 1 amide bonds. The molecule has 1 aliphatic heterocycles. The van der Waals surface area contributed by atoms with Crippen LogP contribution < -0.4 is 5.14 Å². The second-order valence-corrected chi connectivity index (χ2v) is 9.09. The van der Waals surface area contributed by atoms with E-state index in [0.717, 1.165) is 32.9 Å². The van der Waals surface area contributed by atoms with Crippen molar-refractivity contribution in [3.63, 3.8) is 0 Å². The first-order valence-electron chi connectivity index (χ1n) is 8.50. The minimum absolute atomic E-state index is 0.0216. The molecule has 6 nitrogen and oxygen atoms in total. The number of H-pyrrole nitrogens is 1. The molecule has 2 heterocycles. The number of hydrogen-bond acceptors (Lipinski definition) is 3. The van der Waals surface area contributed by atoms with Crippen molar-refractivity contribution in [3.05, 3.63) is 63.8 Å². The fourth-order valence-corrected chi connectivity index (χ4v) is 4.48. The van der Waals surface area contributed by atoms with Crippen LogP contribution in [0.15, 0.2) is 51.8 Å². The molecule has 0 bridgehead atoms. The second-order valence-electron chi connectivity index (χ2n) is 6.68. The summed E-state index contributed by atoms with van der Waals surface area (Å²) in [5.41, 5.74) is 4.17. The number of aromatic amines is 1. The number of nitrogens with two attached hydrogens (primary N) is 1. The van der Waals surface area contributed by atoms with Crippen LogP contribution >= 0.6 is 15.9 Å². The third kappa shape index (κ3) is 3.52. The maximum Gasteiger partial charge on any atom is 0.238 e. The summed E-state index contributed by atoms with van der Waals surface area (Å²) in [4.78, 5) is 18.1. The average Bonchev–Trinajstić information content (AvgIpc) is 3.01. The molecule has 0 atom stereocenters. The number of sulfonamides is 1. The number of nitrogens with one attached hydrogen (secondary N) is 1. The first-order chi connectivity index (χ1) is 12.8. The number of benzene rings is 2. The Morgan fingerprint density at radius 1 is 1.19 bits per heavy atom. The Morgan fingerprint density at radius 2 is 1.93 bits per heavy atom. The Kier molecular flexibility index (Phi) is 4.57. The molecular formula is C19H18BrN3O3S. The highest BCUT2D eigenvalue weighted by Gasteiger charge is 2.24. The second kappa shape index (κ2) is 6.78. The molecule has 0 radical (unpaired) electrons. The summed E-state index contributed by atoms with van der Waals surface area (Å²) in [5, 5.41) is 6.24. The lowest BCUT2D eigenvalue weighted by atomic mass is 10.0. The summed E-state index contributed by atoms with van der Waals surface area (Å²) in [6.45, 7) is 1.23. The van der Waals surface area contributed by atoms with Gasteiger partial charge >= 0.3 is 0 Å². The van der Waals surface area contributed by atoms with Crippen molar-refractivity contribution in [1.29, 1.82) is 0 Å². The lowest BCUT2D eigenvalue weighted by molar-refractivity contribution is -0.131. The summed E-state index contributed by atoms with van der Waals surface area (Å²) in [7, 11) is -3.72. The number of halogens is 1. The van der Waals surface area contributed by atoms with Gasteiger partial charge in [-0.2, -0.15) is 0 Å². The number of carbonyl (C=O) groups excluding carboxylic acids is 1. The van der Waals surface area contributed by atoms with E-state index in [1.807, 2.05) is 17.0 Å². The molecule has 0 spiro atoms. The van der Waals surface area contributed by atoms with Gasteiger partial charge < -0.3 is 9.88 Å². The Labute approximate surface area is 165 Å². The molecule has 1 aromatic heterocycles. The molecule has 27 heavy (non-hydrogen) atoms. The number of hydrogen-bond donors (Lipinski definition) is 2. The predicted molar refractivity (Wildman–Crippen MR) is 107 cm³/mol. The van der Waals surface area contributed by atoms with Gasteiger partial charge in [-0.3, -0.25) is 4.79 Å². The number of aromatic nitrogens is 1. The van der Waals surface area contributed by atoms with Crippen molar-refractivity contribution in [1.82, 2.24) is 9.88 Å². The van der Waals surface area contributed by atoms with Crippen molar-refractivity contribution in [2.24, 2.45) is 5.14 Å². The van der Waals surface area contributed by atoms with Gasteiger partial charge in [0.2, 0.25) is 15.9 Å². The van der Waals surface area contributed by atoms with Crippen molar-refractivity contribution in [2.75, 3.05) is 6.54 Å². The van der Waals surface area contributed by atoms with Crippen molar-refractivity contribution in [2.45, 2.75) is 24.3 Å². The first kappa shape index (κ1) is 18.2. The number of nitrogens with zero attached hydrogens (tertiary/aromatic N) is 1.